The number of ketones is 1. The van der Waals surface area contributed by atoms with Gasteiger partial charge in [0.25, 0.3) is 0 Å². The molecule has 27 atom stereocenters. The number of fused-ring (bicyclic) bond motifs is 4. The summed E-state index contributed by atoms with van der Waals surface area (Å²) in [5.41, 5.74) is -0.292. The quantitative estimate of drug-likeness (QED) is 0.0490. The highest BCUT2D eigenvalue weighted by molar-refractivity contribution is 9.19. The minimum absolute atomic E-state index is 0.109. The van der Waals surface area contributed by atoms with Crippen molar-refractivity contribution in [2.45, 2.75) is 64.8 Å². The fraction of sp³-hybridized carbons (Fsp3) is 0.714. The molecule has 0 spiro atoms. The van der Waals surface area contributed by atoms with Crippen LogP contribution in [0.25, 0.3) is 0 Å². The molecule has 37 heteroatoms. The largest absolute Gasteiger partial charge is 0.509 e. The Balaban J connectivity index is 2.32. The predicted octanol–water partition coefficient (Wildman–Crippen LogP) is 20.6. The van der Waals surface area contributed by atoms with E-state index in [1.54, 1.807) is 0 Å². The van der Waals surface area contributed by atoms with Gasteiger partial charge < -0.3 is 23.0 Å². The second-order valence-corrected chi connectivity index (χ2v) is 120. The molecular formula is C21H60O7P30. The van der Waals surface area contributed by atoms with Crippen LogP contribution in [-0.2, 0) is 27.8 Å². The molecule has 1 aliphatic heterocycles. The molecule has 0 aromatic carbocycles. The van der Waals surface area contributed by atoms with Crippen molar-refractivity contribution in [2.75, 3.05) is 6.61 Å². The third-order valence-corrected chi connectivity index (χ3v) is 150. The molecule has 2 bridgehead atoms. The SMILES string of the molecule is C=C(CCCOP(P(P)P)P(P)P)[C@@]12OC(=O)O[C@@H]1C1C[C@H](OP(P(P)P(P)P)P(P(P)P)P(P)P)C(C)C(=C(OP(P(P)P)P(PP)P(P)P)C(=O)[C@H]2C)C1(C)C. The molecule has 23 unspecified atom stereocenters. The lowest BCUT2D eigenvalue weighted by Crippen LogP contribution is -2.60. The van der Waals surface area contributed by atoms with Gasteiger partial charge in [-0.1, -0.05) is 69.0 Å². The number of carbonyl (C=O) groups excluding carboxylic acids is 2. The second kappa shape index (κ2) is 29.4. The molecule has 336 valence electrons. The van der Waals surface area contributed by atoms with Crippen molar-refractivity contribution in [1.29, 1.82) is 0 Å². The fourth-order valence-corrected chi connectivity index (χ4v) is 202. The first kappa shape index (κ1) is 63.3. The molecule has 1 heterocycles. The van der Waals surface area contributed by atoms with Crippen LogP contribution >= 0.6 is 243 Å². The van der Waals surface area contributed by atoms with E-state index in [-0.39, 0.29) is 37.7 Å². The summed E-state index contributed by atoms with van der Waals surface area (Å²) in [6.07, 6.45) is 0.161. The molecular weight excluding hydrogens is 1290 g/mol. The molecule has 0 N–H and O–H groups in total. The van der Waals surface area contributed by atoms with Crippen molar-refractivity contribution in [1.82, 2.24) is 0 Å². The lowest BCUT2D eigenvalue weighted by molar-refractivity contribution is -0.134. The van der Waals surface area contributed by atoms with Crippen molar-refractivity contribution in [3.8, 4) is 0 Å². The second-order valence-electron chi connectivity index (χ2n) is 13.6. The molecule has 7 nitrogen and oxygen atoms in total. The van der Waals surface area contributed by atoms with Gasteiger partial charge in [-0.25, -0.2) is 4.79 Å². The summed E-state index contributed by atoms with van der Waals surface area (Å²) in [7, 11) is 46.8. The molecule has 2 aliphatic carbocycles. The Kier molecular flexibility index (Phi) is 32.1. The Labute approximate surface area is 402 Å². The van der Waals surface area contributed by atoms with E-state index in [4.69, 9.17) is 23.0 Å². The van der Waals surface area contributed by atoms with Gasteiger partial charge in [-0.15, -0.1) is 116 Å². The maximum atomic E-state index is 15.7. The molecule has 0 aromatic rings. The number of Topliss-reactive ketones (excluding diaryl/α,β-unsaturated/α-hetero) is 1. The minimum Gasteiger partial charge on any atom is -0.460 e. The number of allylic oxidation sites excluding steroid dienone is 1. The summed E-state index contributed by atoms with van der Waals surface area (Å²) in [6.45, 7) is 9.10. The zero-order valence-corrected chi connectivity index (χ0v) is 63.4. The van der Waals surface area contributed by atoms with Gasteiger partial charge in [-0.2, -0.15) is 0 Å². The highest BCUT2D eigenvalue weighted by Crippen LogP contribution is 3.18. The fourth-order valence-electron chi connectivity index (χ4n) is 7.21. The van der Waals surface area contributed by atoms with E-state index >= 15 is 4.79 Å². The molecule has 1 saturated heterocycles. The molecule has 3 aliphatic rings. The summed E-state index contributed by atoms with van der Waals surface area (Å²) in [5.74, 6) is -0.811. The first-order chi connectivity index (χ1) is 26.8. The molecule has 58 heavy (non-hydrogen) atoms. The van der Waals surface area contributed by atoms with Gasteiger partial charge >= 0.3 is 6.16 Å². The third kappa shape index (κ3) is 16.0. The molecule has 3 rings (SSSR count). The third-order valence-electron chi connectivity index (χ3n) is 9.74. The van der Waals surface area contributed by atoms with Crippen molar-refractivity contribution in [3.05, 3.63) is 23.5 Å². The Morgan fingerprint density at radius 1 is 0.810 bits per heavy atom. The lowest BCUT2D eigenvalue weighted by Gasteiger charge is -2.55. The van der Waals surface area contributed by atoms with Crippen LogP contribution in [0.3, 0.4) is 0 Å². The van der Waals surface area contributed by atoms with Gasteiger partial charge in [0.05, 0.1) is 33.7 Å². The average Bonchev–Trinajstić information content (AvgIpc) is 3.46. The van der Waals surface area contributed by atoms with Crippen molar-refractivity contribution in [3.63, 3.8) is 0 Å². The van der Waals surface area contributed by atoms with Crippen LogP contribution in [0.1, 0.15) is 47.0 Å². The standard InChI is InChI=1S/C21H60O7P30/c1-10(7-6-8-24-46(49(30)31)50(32)33)21-12(3)16(22)17(28-47(51(34)35)57(45-29)53(38)39)15-11(2)14(9-13(20(15,4)5)18(21)25-19(23)26-21)27-48(56(44)52(36)37)58(54(40)41)55(42)43/h11-14,18,45H,1,6-9,29-44H2,2-5H3/t11?,12-,13?,14+,18-,21+,47?,48?,56?,57?/m1/s1. The Hall–Kier alpha value is 11.0. The van der Waals surface area contributed by atoms with E-state index in [9.17, 15) is 4.79 Å². The van der Waals surface area contributed by atoms with E-state index in [0.717, 1.165) is 5.57 Å². The zero-order chi connectivity index (χ0) is 44.4. The van der Waals surface area contributed by atoms with Crippen LogP contribution in [0, 0.1) is 23.2 Å². The average molecular weight is 1350 g/mol. The van der Waals surface area contributed by atoms with E-state index in [1.807, 2.05) is 6.92 Å². The maximum absolute atomic E-state index is 15.7. The van der Waals surface area contributed by atoms with Crippen molar-refractivity contribution in [2.24, 2.45) is 23.2 Å². The Bertz CT molecular complexity index is 1440. The predicted molar refractivity (Wildman–Crippen MR) is 350 cm³/mol. The number of hydrogen-bond donors (Lipinski definition) is 0. The van der Waals surface area contributed by atoms with Gasteiger partial charge in [0.1, 0.15) is 0 Å². The van der Waals surface area contributed by atoms with Crippen LogP contribution in [0.4, 0.5) is 4.79 Å². The first-order valence-electron chi connectivity index (χ1n) is 16.7. The molecule has 0 radical (unpaired) electrons. The van der Waals surface area contributed by atoms with Crippen LogP contribution in [0.15, 0.2) is 23.5 Å². The topological polar surface area (TPSA) is 80.3 Å². The van der Waals surface area contributed by atoms with Crippen LogP contribution in [0.2, 0.25) is 0 Å². The molecule has 1 saturated carbocycles. The summed E-state index contributed by atoms with van der Waals surface area (Å²) < 4.78 is 34.4. The van der Waals surface area contributed by atoms with Crippen LogP contribution in [0.5, 0.6) is 0 Å². The summed E-state index contributed by atoms with van der Waals surface area (Å²) >= 11 is 0. The van der Waals surface area contributed by atoms with E-state index in [0.29, 0.717) is 45.2 Å². The highest BCUT2D eigenvalue weighted by atomic mass is 33.2. The molecule has 2 fully saturated rings. The summed E-state index contributed by atoms with van der Waals surface area (Å²) in [4.78, 5) is 29.4. The zero-order valence-electron chi connectivity index (χ0n) is 32.3. The lowest BCUT2D eigenvalue weighted by atomic mass is 9.53. The molecule has 0 aromatic heterocycles. The number of ether oxygens (including phenoxy) is 2. The highest BCUT2D eigenvalue weighted by Gasteiger charge is 2.67. The van der Waals surface area contributed by atoms with E-state index < -0.39 is 108 Å². The van der Waals surface area contributed by atoms with Gasteiger partial charge in [-0.3, -0.25) is 4.79 Å². The maximum Gasteiger partial charge on any atom is 0.509 e. The normalized spacial score (nSPS) is 28.7. The number of hydrogen-bond acceptors (Lipinski definition) is 7. The molecule has 0 amide bonds. The smallest absolute Gasteiger partial charge is 0.460 e. The van der Waals surface area contributed by atoms with Gasteiger partial charge in [-0.05, 0) is 77.7 Å². The van der Waals surface area contributed by atoms with E-state index in [1.165, 1.54) is 0 Å². The monoisotopic (exact) mass is 1350 g/mol. The van der Waals surface area contributed by atoms with Gasteiger partial charge in [0, 0.05) is 39.8 Å². The Morgan fingerprint density at radius 3 is 1.83 bits per heavy atom. The number of rotatable bonds is 21. The van der Waals surface area contributed by atoms with Gasteiger partial charge in [0.2, 0.25) is 5.78 Å². The van der Waals surface area contributed by atoms with Crippen LogP contribution in [-0.4, -0.2) is 36.4 Å². The first-order valence-corrected chi connectivity index (χ1v) is 68.9. The summed E-state index contributed by atoms with van der Waals surface area (Å²) in [6, 6.07) is 0. The summed E-state index contributed by atoms with van der Waals surface area (Å²) in [5, 5.41) is 0. The minimum atomic E-state index is -1.38. The van der Waals surface area contributed by atoms with Crippen LogP contribution < -0.4 is 0 Å². The number of carbonyl (C=O) groups is 2. The van der Waals surface area contributed by atoms with E-state index in [2.05, 4.69) is 170 Å². The Morgan fingerprint density at radius 2 is 1.36 bits per heavy atom. The van der Waals surface area contributed by atoms with Gasteiger partial charge in [0.15, 0.2) is 25.0 Å². The van der Waals surface area contributed by atoms with Crippen molar-refractivity contribution >= 4 is 255 Å². The van der Waals surface area contributed by atoms with Crippen molar-refractivity contribution < 1.29 is 32.6 Å².